The van der Waals surface area contributed by atoms with E-state index in [4.69, 9.17) is 9.90 Å². The van der Waals surface area contributed by atoms with Crippen LogP contribution in [-0.4, -0.2) is 53.9 Å². The average molecular weight is 408 g/mol. The molecule has 0 saturated carbocycles. The van der Waals surface area contributed by atoms with Crippen molar-refractivity contribution in [2.45, 2.75) is 26.3 Å². The van der Waals surface area contributed by atoms with E-state index in [9.17, 15) is 4.79 Å². The Labute approximate surface area is 174 Å². The summed E-state index contributed by atoms with van der Waals surface area (Å²) in [5.74, 6) is 1.79. The maximum atomic E-state index is 12.3. The molecular weight excluding hydrogens is 384 g/mol. The highest BCUT2D eigenvalue weighted by molar-refractivity contribution is 6.04. The Hall–Kier alpha value is -3.75. The van der Waals surface area contributed by atoms with Crippen LogP contribution in [0.3, 0.4) is 0 Å². The van der Waals surface area contributed by atoms with Gasteiger partial charge in [-0.25, -0.2) is 15.0 Å². The van der Waals surface area contributed by atoms with E-state index in [2.05, 4.69) is 15.1 Å². The molecule has 0 atom stereocenters. The Kier molecular flexibility index (Phi) is 6.74. The molecule has 1 N–H and O–H groups in total. The summed E-state index contributed by atoms with van der Waals surface area (Å²) in [6.07, 6.45) is 6.81. The number of benzene rings is 1. The standard InChI is InChI=1S/C20H22N6O.CH2O2/c1-15-22-18(14-24(15)2)20-21-10-11-25(20)12-13-26-19(27)9-8-17(23-26)16-6-4-3-5-7-16;2-1-3/h3-7,10-11,14H,8-9,12-13H2,1-2H3;1H,(H,2,3). The second-order valence-corrected chi connectivity index (χ2v) is 6.76. The lowest BCUT2D eigenvalue weighted by Gasteiger charge is -2.24. The number of imidazole rings is 2. The van der Waals surface area contributed by atoms with Crippen LogP contribution >= 0.6 is 0 Å². The molecule has 1 aliphatic rings. The van der Waals surface area contributed by atoms with Gasteiger partial charge in [0.25, 0.3) is 6.47 Å². The van der Waals surface area contributed by atoms with E-state index >= 15 is 0 Å². The van der Waals surface area contributed by atoms with Crippen molar-refractivity contribution in [3.8, 4) is 11.5 Å². The van der Waals surface area contributed by atoms with Crippen LogP contribution in [0.15, 0.2) is 54.0 Å². The third-order valence-electron chi connectivity index (χ3n) is 4.82. The number of carbonyl (C=O) groups excluding carboxylic acids is 1. The summed E-state index contributed by atoms with van der Waals surface area (Å²) >= 11 is 0. The maximum Gasteiger partial charge on any atom is 0.290 e. The van der Waals surface area contributed by atoms with Gasteiger partial charge in [0.1, 0.15) is 11.5 Å². The zero-order chi connectivity index (χ0) is 21.5. The van der Waals surface area contributed by atoms with Crippen molar-refractivity contribution in [1.82, 2.24) is 24.1 Å². The van der Waals surface area contributed by atoms with Crippen molar-refractivity contribution in [1.29, 1.82) is 0 Å². The molecule has 1 aromatic carbocycles. The van der Waals surface area contributed by atoms with Crippen LogP contribution in [0.5, 0.6) is 0 Å². The Morgan fingerprint density at radius 3 is 2.57 bits per heavy atom. The minimum atomic E-state index is -0.250. The van der Waals surface area contributed by atoms with E-state index in [0.717, 1.165) is 28.6 Å². The SMILES string of the molecule is Cc1nc(-c2nccn2CCN2N=C(c3ccccc3)CCC2=O)cn1C.O=CO. The van der Waals surface area contributed by atoms with Crippen molar-refractivity contribution in [2.75, 3.05) is 6.54 Å². The Morgan fingerprint density at radius 2 is 1.90 bits per heavy atom. The third-order valence-corrected chi connectivity index (χ3v) is 4.82. The third kappa shape index (κ3) is 4.80. The van der Waals surface area contributed by atoms with Crippen LogP contribution in [0.1, 0.15) is 24.2 Å². The van der Waals surface area contributed by atoms with Gasteiger partial charge in [0, 0.05) is 45.0 Å². The lowest BCUT2D eigenvalue weighted by molar-refractivity contribution is -0.131. The number of carbonyl (C=O) groups is 2. The fourth-order valence-electron chi connectivity index (χ4n) is 3.21. The molecule has 9 heteroatoms. The average Bonchev–Trinajstić information content (AvgIpc) is 3.35. The van der Waals surface area contributed by atoms with Crippen LogP contribution in [0.4, 0.5) is 0 Å². The monoisotopic (exact) mass is 408 g/mol. The highest BCUT2D eigenvalue weighted by atomic mass is 16.3. The second kappa shape index (κ2) is 9.64. The fraction of sp³-hybridized carbons (Fsp3) is 0.286. The quantitative estimate of drug-likeness (QED) is 0.652. The molecule has 0 fully saturated rings. The van der Waals surface area contributed by atoms with Crippen LogP contribution < -0.4 is 0 Å². The molecule has 3 aromatic rings. The van der Waals surface area contributed by atoms with Gasteiger partial charge in [0.05, 0.1) is 12.3 Å². The van der Waals surface area contributed by atoms with Crippen LogP contribution in [-0.2, 0) is 23.2 Å². The fourth-order valence-corrected chi connectivity index (χ4v) is 3.21. The van der Waals surface area contributed by atoms with Crippen molar-refractivity contribution in [3.05, 3.63) is 60.3 Å². The molecule has 156 valence electrons. The zero-order valence-corrected chi connectivity index (χ0v) is 17.0. The molecule has 0 unspecified atom stereocenters. The largest absolute Gasteiger partial charge is 0.483 e. The molecule has 0 spiro atoms. The normalized spacial score (nSPS) is 13.5. The molecule has 0 bridgehead atoms. The molecular formula is C21H24N6O3. The summed E-state index contributed by atoms with van der Waals surface area (Å²) in [4.78, 5) is 29.7. The lowest BCUT2D eigenvalue weighted by atomic mass is 10.0. The summed E-state index contributed by atoms with van der Waals surface area (Å²) in [5.41, 5.74) is 2.86. The number of aromatic nitrogens is 4. The van der Waals surface area contributed by atoms with Crippen molar-refractivity contribution in [3.63, 3.8) is 0 Å². The molecule has 2 aromatic heterocycles. The van der Waals surface area contributed by atoms with E-state index in [1.807, 2.05) is 65.8 Å². The summed E-state index contributed by atoms with van der Waals surface area (Å²) < 4.78 is 3.99. The Morgan fingerprint density at radius 1 is 1.17 bits per heavy atom. The smallest absolute Gasteiger partial charge is 0.290 e. The van der Waals surface area contributed by atoms with E-state index < -0.39 is 0 Å². The molecule has 3 heterocycles. The van der Waals surface area contributed by atoms with Crippen LogP contribution in [0.25, 0.3) is 11.5 Å². The first-order valence-electron chi connectivity index (χ1n) is 9.56. The lowest BCUT2D eigenvalue weighted by Crippen LogP contribution is -2.34. The van der Waals surface area contributed by atoms with E-state index in [1.165, 1.54) is 0 Å². The molecule has 1 aliphatic heterocycles. The van der Waals surface area contributed by atoms with Gasteiger partial charge in [-0.05, 0) is 12.5 Å². The van der Waals surface area contributed by atoms with Gasteiger partial charge in [0.2, 0.25) is 5.91 Å². The van der Waals surface area contributed by atoms with Gasteiger partial charge in [-0.15, -0.1) is 0 Å². The van der Waals surface area contributed by atoms with Gasteiger partial charge in [0.15, 0.2) is 5.82 Å². The Balaban J connectivity index is 0.000000806. The summed E-state index contributed by atoms with van der Waals surface area (Å²) in [6.45, 7) is 2.83. The van der Waals surface area contributed by atoms with Gasteiger partial charge in [-0.1, -0.05) is 30.3 Å². The zero-order valence-electron chi connectivity index (χ0n) is 17.0. The highest BCUT2D eigenvalue weighted by Gasteiger charge is 2.21. The maximum absolute atomic E-state index is 12.3. The van der Waals surface area contributed by atoms with Gasteiger partial charge < -0.3 is 14.2 Å². The first kappa shape index (κ1) is 21.0. The number of hydrazone groups is 1. The first-order chi connectivity index (χ1) is 14.5. The molecule has 0 aliphatic carbocycles. The molecule has 0 saturated heterocycles. The Bertz CT molecular complexity index is 1020. The van der Waals surface area contributed by atoms with Crippen molar-refractivity contribution < 1.29 is 14.7 Å². The highest BCUT2D eigenvalue weighted by Crippen LogP contribution is 2.18. The van der Waals surface area contributed by atoms with Crippen LogP contribution in [0, 0.1) is 6.92 Å². The van der Waals surface area contributed by atoms with Crippen LogP contribution in [0.2, 0.25) is 0 Å². The molecule has 1 amide bonds. The minimum absolute atomic E-state index is 0.0602. The van der Waals surface area contributed by atoms with E-state index in [0.29, 0.717) is 25.9 Å². The van der Waals surface area contributed by atoms with Gasteiger partial charge in [-0.3, -0.25) is 9.59 Å². The van der Waals surface area contributed by atoms with Crippen molar-refractivity contribution in [2.24, 2.45) is 12.1 Å². The van der Waals surface area contributed by atoms with E-state index in [-0.39, 0.29) is 12.4 Å². The molecule has 30 heavy (non-hydrogen) atoms. The minimum Gasteiger partial charge on any atom is -0.483 e. The number of carboxylic acid groups (broad SMARTS) is 1. The summed E-state index contributed by atoms with van der Waals surface area (Å²) in [5, 5.41) is 13.1. The summed E-state index contributed by atoms with van der Waals surface area (Å²) in [6, 6.07) is 10.0. The number of nitrogens with zero attached hydrogens (tertiary/aromatic N) is 6. The predicted molar refractivity (Wildman–Crippen MR) is 112 cm³/mol. The number of aryl methyl sites for hydroxylation is 2. The number of hydrogen-bond acceptors (Lipinski definition) is 5. The van der Waals surface area contributed by atoms with Crippen molar-refractivity contribution >= 4 is 18.1 Å². The molecule has 0 radical (unpaired) electrons. The van der Waals surface area contributed by atoms with Gasteiger partial charge >= 0.3 is 0 Å². The second-order valence-electron chi connectivity index (χ2n) is 6.76. The predicted octanol–water partition coefficient (Wildman–Crippen LogP) is 2.32. The number of rotatable bonds is 5. The summed E-state index contributed by atoms with van der Waals surface area (Å²) in [7, 11) is 1.96. The first-order valence-corrected chi connectivity index (χ1v) is 9.56. The van der Waals surface area contributed by atoms with Gasteiger partial charge in [-0.2, -0.15) is 5.10 Å². The molecule has 4 rings (SSSR count). The topological polar surface area (TPSA) is 106 Å². The number of hydrogen-bond donors (Lipinski definition) is 1. The molecule has 9 nitrogen and oxygen atoms in total. The number of amides is 1. The van der Waals surface area contributed by atoms with E-state index in [1.54, 1.807) is 11.2 Å².